The van der Waals surface area contributed by atoms with Gasteiger partial charge < -0.3 is 4.57 Å². The lowest BCUT2D eigenvalue weighted by Crippen LogP contribution is -2.21. The molecule has 0 fully saturated rings. The normalized spacial score (nSPS) is 10.5. The third-order valence-electron chi connectivity index (χ3n) is 1.73. The number of hydrogen-bond donors (Lipinski definition) is 0. The van der Waals surface area contributed by atoms with Gasteiger partial charge in [-0.2, -0.15) is 4.80 Å². The number of tetrazole rings is 1. The van der Waals surface area contributed by atoms with Crippen molar-refractivity contribution >= 4 is 11.6 Å². The molecule has 0 bridgehead atoms. The molecule has 0 saturated carbocycles. The van der Waals surface area contributed by atoms with Gasteiger partial charge in [-0.25, -0.2) is 4.98 Å². The molecule has 0 unspecified atom stereocenters. The maximum atomic E-state index is 11.5. The summed E-state index contributed by atoms with van der Waals surface area (Å²) in [5.74, 6) is 0.446. The largest absolute Gasteiger partial charge is 0.304 e. The molecule has 0 aromatic carbocycles. The van der Waals surface area contributed by atoms with E-state index in [0.29, 0.717) is 5.82 Å². The van der Waals surface area contributed by atoms with Crippen LogP contribution >= 0.6 is 11.6 Å². The van der Waals surface area contributed by atoms with Crippen molar-refractivity contribution in [2.75, 3.05) is 0 Å². The number of aromatic nitrogens is 6. The number of rotatable bonds is 2. The Hall–Kier alpha value is -1.76. The first-order valence-corrected chi connectivity index (χ1v) is 4.48. The lowest BCUT2D eigenvalue weighted by molar-refractivity contribution is 0.623. The molecule has 2 rings (SSSR count). The molecule has 0 atom stereocenters. The molecule has 78 valence electrons. The van der Waals surface area contributed by atoms with Crippen molar-refractivity contribution in [3.63, 3.8) is 0 Å². The van der Waals surface area contributed by atoms with Gasteiger partial charge >= 0.3 is 0 Å². The van der Waals surface area contributed by atoms with Crippen LogP contribution in [0.4, 0.5) is 0 Å². The Morgan fingerprint density at radius 2 is 2.33 bits per heavy atom. The van der Waals surface area contributed by atoms with E-state index in [4.69, 9.17) is 11.6 Å². The summed E-state index contributed by atoms with van der Waals surface area (Å²) in [6.07, 6.45) is 2.96. The van der Waals surface area contributed by atoms with Gasteiger partial charge in [0.15, 0.2) is 11.0 Å². The predicted octanol–water partition coefficient (Wildman–Crippen LogP) is -0.532. The molecular formula is C7H7ClN6O. The molecule has 8 heteroatoms. The van der Waals surface area contributed by atoms with Crippen LogP contribution in [0.5, 0.6) is 0 Å². The third kappa shape index (κ3) is 2.01. The van der Waals surface area contributed by atoms with E-state index >= 15 is 0 Å². The highest BCUT2D eigenvalue weighted by Gasteiger charge is 2.05. The van der Waals surface area contributed by atoms with E-state index in [1.807, 2.05) is 0 Å². The van der Waals surface area contributed by atoms with E-state index in [1.165, 1.54) is 21.8 Å². The number of hydrogen-bond acceptors (Lipinski definition) is 5. The molecule has 2 aromatic heterocycles. The highest BCUT2D eigenvalue weighted by Crippen LogP contribution is 1.95. The van der Waals surface area contributed by atoms with Crippen LogP contribution in [-0.4, -0.2) is 29.8 Å². The van der Waals surface area contributed by atoms with Gasteiger partial charge in [0.25, 0.3) is 5.56 Å². The van der Waals surface area contributed by atoms with E-state index in [-0.39, 0.29) is 17.3 Å². The second-order valence-electron chi connectivity index (χ2n) is 2.85. The minimum atomic E-state index is -0.369. The Labute approximate surface area is 89.3 Å². The van der Waals surface area contributed by atoms with E-state index in [2.05, 4.69) is 20.4 Å². The lowest BCUT2D eigenvalue weighted by atomic mass is 10.5. The minimum Gasteiger partial charge on any atom is -0.304 e. The van der Waals surface area contributed by atoms with Crippen LogP contribution in [0.25, 0.3) is 0 Å². The molecule has 15 heavy (non-hydrogen) atoms. The zero-order valence-electron chi connectivity index (χ0n) is 7.83. The molecule has 0 amide bonds. The van der Waals surface area contributed by atoms with Crippen LogP contribution in [0, 0.1) is 0 Å². The average molecular weight is 227 g/mol. The van der Waals surface area contributed by atoms with Crippen LogP contribution in [0.15, 0.2) is 17.2 Å². The Balaban J connectivity index is 2.32. The van der Waals surface area contributed by atoms with Crippen molar-refractivity contribution in [3.05, 3.63) is 33.7 Å². The number of nitrogens with zero attached hydrogens (tertiary/aromatic N) is 6. The molecule has 0 aliphatic heterocycles. The topological polar surface area (TPSA) is 78.5 Å². The van der Waals surface area contributed by atoms with Gasteiger partial charge in [-0.15, -0.1) is 10.2 Å². The monoisotopic (exact) mass is 226 g/mol. The standard InChI is InChI=1S/C7H7ClN6O/c1-13-11-5(10-12-13)4-14-3-2-9-6(8)7(14)15/h2-3H,4H2,1H3. The van der Waals surface area contributed by atoms with Crippen LogP contribution in [0.3, 0.4) is 0 Å². The van der Waals surface area contributed by atoms with Crippen LogP contribution in [0.1, 0.15) is 5.82 Å². The smallest absolute Gasteiger partial charge is 0.288 e. The van der Waals surface area contributed by atoms with Crippen LogP contribution < -0.4 is 5.56 Å². The third-order valence-corrected chi connectivity index (χ3v) is 1.99. The number of aryl methyl sites for hydroxylation is 1. The predicted molar refractivity (Wildman–Crippen MR) is 51.4 cm³/mol. The Bertz CT molecular complexity index is 532. The summed E-state index contributed by atoms with van der Waals surface area (Å²) in [6.45, 7) is 0.231. The van der Waals surface area contributed by atoms with Gasteiger partial charge in [-0.05, 0) is 5.21 Å². The molecule has 0 aliphatic rings. The van der Waals surface area contributed by atoms with Crippen molar-refractivity contribution in [3.8, 4) is 0 Å². The zero-order chi connectivity index (χ0) is 10.8. The van der Waals surface area contributed by atoms with Crippen molar-refractivity contribution in [1.29, 1.82) is 0 Å². The summed E-state index contributed by atoms with van der Waals surface area (Å²) in [5.41, 5.74) is -0.369. The molecule has 2 aromatic rings. The van der Waals surface area contributed by atoms with Gasteiger partial charge in [0, 0.05) is 12.4 Å². The quantitative estimate of drug-likeness (QED) is 0.688. The molecule has 2 heterocycles. The fourth-order valence-corrected chi connectivity index (χ4v) is 1.25. The zero-order valence-corrected chi connectivity index (χ0v) is 8.59. The maximum Gasteiger partial charge on any atom is 0.288 e. The van der Waals surface area contributed by atoms with Crippen LogP contribution in [-0.2, 0) is 13.6 Å². The van der Waals surface area contributed by atoms with Crippen LogP contribution in [0.2, 0.25) is 5.15 Å². The second kappa shape index (κ2) is 3.77. The van der Waals surface area contributed by atoms with E-state index in [9.17, 15) is 4.79 Å². The highest BCUT2D eigenvalue weighted by molar-refractivity contribution is 6.29. The molecule has 0 radical (unpaired) electrons. The Kier molecular flexibility index (Phi) is 2.46. The summed E-state index contributed by atoms with van der Waals surface area (Å²) in [4.78, 5) is 16.4. The molecular weight excluding hydrogens is 220 g/mol. The van der Waals surface area contributed by atoms with E-state index < -0.39 is 0 Å². The van der Waals surface area contributed by atoms with Crippen molar-refractivity contribution in [1.82, 2.24) is 29.8 Å². The SMILES string of the molecule is Cn1nnc(Cn2ccnc(Cl)c2=O)n1. The highest BCUT2D eigenvalue weighted by atomic mass is 35.5. The summed E-state index contributed by atoms with van der Waals surface area (Å²) in [5, 5.41) is 11.3. The lowest BCUT2D eigenvalue weighted by Gasteiger charge is -2.00. The van der Waals surface area contributed by atoms with Gasteiger partial charge in [0.05, 0.1) is 13.6 Å². The van der Waals surface area contributed by atoms with Gasteiger partial charge in [-0.1, -0.05) is 11.6 Å². The fourth-order valence-electron chi connectivity index (χ4n) is 1.08. The molecule has 0 aliphatic carbocycles. The summed E-state index contributed by atoms with van der Waals surface area (Å²) >= 11 is 5.58. The first kappa shape index (κ1) is 9.78. The van der Waals surface area contributed by atoms with Gasteiger partial charge in [-0.3, -0.25) is 4.79 Å². The Morgan fingerprint density at radius 1 is 1.53 bits per heavy atom. The molecule has 7 nitrogen and oxygen atoms in total. The first-order chi connectivity index (χ1) is 7.16. The first-order valence-electron chi connectivity index (χ1n) is 4.10. The average Bonchev–Trinajstić information content (AvgIpc) is 2.59. The Morgan fingerprint density at radius 3 is 3.00 bits per heavy atom. The second-order valence-corrected chi connectivity index (χ2v) is 3.20. The molecule has 0 saturated heterocycles. The maximum absolute atomic E-state index is 11.5. The van der Waals surface area contributed by atoms with Crippen molar-refractivity contribution in [2.24, 2.45) is 7.05 Å². The fraction of sp³-hybridized carbons (Fsp3) is 0.286. The molecule has 0 N–H and O–H groups in total. The molecule has 0 spiro atoms. The van der Waals surface area contributed by atoms with E-state index in [0.717, 1.165) is 0 Å². The minimum absolute atomic E-state index is 0.0682. The summed E-state index contributed by atoms with van der Waals surface area (Å²) in [7, 11) is 1.65. The van der Waals surface area contributed by atoms with Crippen molar-refractivity contribution in [2.45, 2.75) is 6.54 Å². The summed E-state index contributed by atoms with van der Waals surface area (Å²) in [6, 6.07) is 0. The van der Waals surface area contributed by atoms with E-state index in [1.54, 1.807) is 7.05 Å². The van der Waals surface area contributed by atoms with Gasteiger partial charge in [0.1, 0.15) is 0 Å². The summed E-state index contributed by atoms with van der Waals surface area (Å²) < 4.78 is 1.37. The number of halogens is 1. The van der Waals surface area contributed by atoms with Gasteiger partial charge in [0.2, 0.25) is 0 Å². The van der Waals surface area contributed by atoms with Crippen molar-refractivity contribution < 1.29 is 0 Å².